The fourth-order valence-electron chi connectivity index (χ4n) is 4.07. The number of rotatable bonds is 11. The van der Waals surface area contributed by atoms with Gasteiger partial charge in [0.1, 0.15) is 0 Å². The summed E-state index contributed by atoms with van der Waals surface area (Å²) in [7, 11) is -3.22. The van der Waals surface area contributed by atoms with Crippen molar-refractivity contribution < 1.29 is 14.0 Å². The number of benzene rings is 2. The van der Waals surface area contributed by atoms with Crippen LogP contribution in [0.3, 0.4) is 0 Å². The van der Waals surface area contributed by atoms with Crippen molar-refractivity contribution in [2.24, 2.45) is 0 Å². The molecule has 188 valence electrons. The third kappa shape index (κ3) is 7.45. The van der Waals surface area contributed by atoms with E-state index in [4.69, 9.17) is 4.62 Å². The highest BCUT2D eigenvalue weighted by molar-refractivity contribution is 7.74. The smallest absolute Gasteiger partial charge is 0.277 e. The van der Waals surface area contributed by atoms with Crippen molar-refractivity contribution in [2.75, 3.05) is 39.3 Å². The molecular weight excluding hydrogens is 471 g/mol. The second-order valence-corrected chi connectivity index (χ2v) is 11.0. The van der Waals surface area contributed by atoms with Gasteiger partial charge in [-0.3, -0.25) is 14.3 Å². The van der Waals surface area contributed by atoms with E-state index in [2.05, 4.69) is 15.2 Å². The number of unbranched alkanes of at least 4 members (excludes halogenated alkanes) is 1. The quantitative estimate of drug-likeness (QED) is 0.245. The number of hydrogen-bond acceptors (Lipinski definition) is 6. The van der Waals surface area contributed by atoms with Crippen LogP contribution in [0, 0.1) is 0 Å². The molecule has 36 heavy (non-hydrogen) atoms. The molecule has 1 N–H and O–H groups in total. The van der Waals surface area contributed by atoms with Gasteiger partial charge >= 0.3 is 0 Å². The standard InChI is InChI=1S/C28H33N4O3P/c33-28(16-15-25-10-9-17-29-24-25)30-18-7-8-19-31-20-22-32(23-21-31)35-36(34,26-11-3-1-4-12-26)27-13-5-2-6-14-27/h1-6,9-17,24H,7-8,18-23H2,(H,30,33)/b16-15-. The van der Waals surface area contributed by atoms with E-state index in [1.54, 1.807) is 24.5 Å². The lowest BCUT2D eigenvalue weighted by Gasteiger charge is -2.35. The number of amides is 1. The van der Waals surface area contributed by atoms with Crippen LogP contribution in [-0.2, 0) is 14.0 Å². The molecule has 1 saturated heterocycles. The SMILES string of the molecule is O=C(/C=C\c1cccnc1)NCCCCN1CCN(OP(=O)(c2ccccc2)c2ccccc2)CC1. The van der Waals surface area contributed by atoms with Crippen LogP contribution in [0.5, 0.6) is 0 Å². The minimum absolute atomic E-state index is 0.0918. The van der Waals surface area contributed by atoms with Crippen molar-refractivity contribution >= 4 is 30.0 Å². The van der Waals surface area contributed by atoms with Crippen LogP contribution < -0.4 is 15.9 Å². The molecule has 3 aromatic rings. The first-order valence-electron chi connectivity index (χ1n) is 12.4. The summed E-state index contributed by atoms with van der Waals surface area (Å²) in [5.41, 5.74) is 0.902. The van der Waals surface area contributed by atoms with Crippen molar-refractivity contribution in [3.8, 4) is 0 Å². The predicted octanol–water partition coefficient (Wildman–Crippen LogP) is 3.47. The summed E-state index contributed by atoms with van der Waals surface area (Å²) in [6, 6.07) is 22.7. The molecule has 0 atom stereocenters. The lowest BCUT2D eigenvalue weighted by molar-refractivity contribution is -0.116. The first-order valence-corrected chi connectivity index (χ1v) is 14.0. The number of nitrogens with one attached hydrogen (secondary N) is 1. The molecule has 8 heteroatoms. The lowest BCUT2D eigenvalue weighted by atomic mass is 10.2. The maximum absolute atomic E-state index is 14.1. The molecule has 1 amide bonds. The molecule has 0 unspecified atom stereocenters. The Bertz CT molecular complexity index is 1110. The van der Waals surface area contributed by atoms with E-state index in [0.717, 1.165) is 38.0 Å². The van der Waals surface area contributed by atoms with Crippen molar-refractivity contribution in [3.05, 3.63) is 96.8 Å². The van der Waals surface area contributed by atoms with Crippen LogP contribution in [0.15, 0.2) is 91.3 Å². The average molecular weight is 505 g/mol. The number of nitrogens with zero attached hydrogens (tertiary/aromatic N) is 3. The molecule has 1 aliphatic rings. The van der Waals surface area contributed by atoms with Gasteiger partial charge in [-0.25, -0.2) is 4.62 Å². The molecule has 0 aliphatic carbocycles. The fourth-order valence-corrected chi connectivity index (χ4v) is 6.17. The Labute approximate surface area is 213 Å². The second kappa shape index (κ2) is 13.3. The van der Waals surface area contributed by atoms with Gasteiger partial charge in [-0.2, -0.15) is 5.06 Å². The van der Waals surface area contributed by atoms with Crippen molar-refractivity contribution in [2.45, 2.75) is 12.8 Å². The highest BCUT2D eigenvalue weighted by Crippen LogP contribution is 2.45. The number of carbonyl (C=O) groups excluding carboxylic acids is 1. The van der Waals surface area contributed by atoms with E-state index in [0.29, 0.717) is 30.2 Å². The zero-order valence-electron chi connectivity index (χ0n) is 20.4. The Balaban J connectivity index is 1.18. The number of carbonyl (C=O) groups is 1. The minimum atomic E-state index is -3.22. The highest BCUT2D eigenvalue weighted by atomic mass is 31.2. The molecule has 1 aromatic heterocycles. The largest absolute Gasteiger partial charge is 0.353 e. The van der Waals surface area contributed by atoms with Gasteiger partial charge in [0.05, 0.1) is 0 Å². The summed E-state index contributed by atoms with van der Waals surface area (Å²) in [6.45, 7) is 4.70. The number of hydroxylamine groups is 2. The van der Waals surface area contributed by atoms with Gasteiger partial charge in [-0.15, -0.1) is 0 Å². The van der Waals surface area contributed by atoms with E-state index in [1.807, 2.05) is 77.9 Å². The summed E-state index contributed by atoms with van der Waals surface area (Å²) in [5, 5.41) is 6.19. The maximum atomic E-state index is 14.1. The number of pyridine rings is 1. The zero-order chi connectivity index (χ0) is 25.1. The molecule has 1 fully saturated rings. The predicted molar refractivity (Wildman–Crippen MR) is 144 cm³/mol. The van der Waals surface area contributed by atoms with Crippen LogP contribution in [0.2, 0.25) is 0 Å². The summed E-state index contributed by atoms with van der Waals surface area (Å²) < 4.78 is 20.3. The van der Waals surface area contributed by atoms with Gasteiger partial charge in [0, 0.05) is 61.8 Å². The van der Waals surface area contributed by atoms with Crippen molar-refractivity contribution in [1.82, 2.24) is 20.3 Å². The average Bonchev–Trinajstić information content (AvgIpc) is 2.94. The third-order valence-electron chi connectivity index (χ3n) is 6.07. The van der Waals surface area contributed by atoms with Gasteiger partial charge < -0.3 is 10.2 Å². The normalized spacial score (nSPS) is 15.2. The Morgan fingerprint density at radius 3 is 2.19 bits per heavy atom. The zero-order valence-corrected chi connectivity index (χ0v) is 21.3. The lowest BCUT2D eigenvalue weighted by Crippen LogP contribution is -2.46. The monoisotopic (exact) mass is 504 g/mol. The number of piperazine rings is 1. The number of hydrogen-bond donors (Lipinski definition) is 1. The fraction of sp³-hybridized carbons (Fsp3) is 0.286. The Morgan fingerprint density at radius 1 is 0.917 bits per heavy atom. The summed E-state index contributed by atoms with van der Waals surface area (Å²) in [6.07, 6.45) is 8.65. The van der Waals surface area contributed by atoms with Crippen molar-refractivity contribution in [3.63, 3.8) is 0 Å². The highest BCUT2D eigenvalue weighted by Gasteiger charge is 2.32. The Kier molecular flexibility index (Phi) is 9.59. The Morgan fingerprint density at radius 2 is 1.58 bits per heavy atom. The number of aromatic nitrogens is 1. The van der Waals surface area contributed by atoms with Crippen molar-refractivity contribution in [1.29, 1.82) is 0 Å². The van der Waals surface area contributed by atoms with E-state index in [1.165, 1.54) is 0 Å². The van der Waals surface area contributed by atoms with Crippen LogP contribution in [-0.4, -0.2) is 60.1 Å². The van der Waals surface area contributed by atoms with Gasteiger partial charge in [0.2, 0.25) is 5.91 Å². The molecule has 0 spiro atoms. The molecular formula is C28H33N4O3P. The molecule has 0 saturated carbocycles. The molecule has 0 radical (unpaired) electrons. The molecule has 0 bridgehead atoms. The van der Waals surface area contributed by atoms with E-state index in [-0.39, 0.29) is 5.91 Å². The summed E-state index contributed by atoms with van der Waals surface area (Å²) >= 11 is 0. The maximum Gasteiger partial charge on any atom is 0.277 e. The van der Waals surface area contributed by atoms with Gasteiger partial charge in [-0.1, -0.05) is 42.5 Å². The van der Waals surface area contributed by atoms with Gasteiger partial charge in [-0.05, 0) is 61.4 Å². The Hall–Kier alpha value is -3.09. The van der Waals surface area contributed by atoms with Crippen LogP contribution in [0.4, 0.5) is 0 Å². The molecule has 7 nitrogen and oxygen atoms in total. The van der Waals surface area contributed by atoms with Gasteiger partial charge in [0.25, 0.3) is 7.37 Å². The molecule has 4 rings (SSSR count). The van der Waals surface area contributed by atoms with E-state index in [9.17, 15) is 9.36 Å². The second-order valence-electron chi connectivity index (χ2n) is 8.69. The molecule has 2 heterocycles. The molecule has 2 aromatic carbocycles. The topological polar surface area (TPSA) is 74.8 Å². The van der Waals surface area contributed by atoms with Gasteiger partial charge in [0.15, 0.2) is 0 Å². The van der Waals surface area contributed by atoms with Crippen LogP contribution in [0.1, 0.15) is 18.4 Å². The third-order valence-corrected chi connectivity index (χ3v) is 8.48. The molecule has 1 aliphatic heterocycles. The summed E-state index contributed by atoms with van der Waals surface area (Å²) in [5.74, 6) is -0.0918. The van der Waals surface area contributed by atoms with Crippen LogP contribution >= 0.6 is 7.37 Å². The van der Waals surface area contributed by atoms with Crippen LogP contribution in [0.25, 0.3) is 6.08 Å². The van der Waals surface area contributed by atoms with E-state index >= 15 is 0 Å². The summed E-state index contributed by atoms with van der Waals surface area (Å²) in [4.78, 5) is 18.4. The van der Waals surface area contributed by atoms with E-state index < -0.39 is 7.37 Å². The minimum Gasteiger partial charge on any atom is -0.353 e. The first-order chi connectivity index (χ1) is 17.6. The first kappa shape index (κ1) is 26.0.